The van der Waals surface area contributed by atoms with Gasteiger partial charge in [0.25, 0.3) is 11.7 Å². The maximum atomic E-state index is 13.2. The zero-order valence-corrected chi connectivity index (χ0v) is 19.6. The van der Waals surface area contributed by atoms with Gasteiger partial charge in [-0.15, -0.1) is 0 Å². The van der Waals surface area contributed by atoms with Crippen molar-refractivity contribution in [2.24, 2.45) is 0 Å². The number of carbonyl (C=O) groups excluding carboxylic acids is 3. The lowest BCUT2D eigenvalue weighted by Gasteiger charge is -2.23. The van der Waals surface area contributed by atoms with Gasteiger partial charge in [-0.25, -0.2) is 4.79 Å². The zero-order valence-electron chi connectivity index (χ0n) is 19.6. The van der Waals surface area contributed by atoms with Crippen LogP contribution in [0.3, 0.4) is 0 Å². The average molecular weight is 475 g/mol. The number of nitrogens with zero attached hydrogens (tertiary/aromatic N) is 1. The summed E-state index contributed by atoms with van der Waals surface area (Å²) in [6.45, 7) is 4.40. The van der Waals surface area contributed by atoms with Crippen LogP contribution in [0.5, 0.6) is 5.75 Å². The molecule has 1 aliphatic heterocycles. The highest BCUT2D eigenvalue weighted by molar-refractivity contribution is 6.51. The third kappa shape index (κ3) is 4.42. The van der Waals surface area contributed by atoms with Crippen molar-refractivity contribution in [2.45, 2.75) is 26.3 Å². The van der Waals surface area contributed by atoms with Gasteiger partial charge in [0.05, 0.1) is 31.1 Å². The predicted octanol–water partition coefficient (Wildman–Crippen LogP) is 4.79. The number of ether oxygens (including phenoxy) is 2. The minimum atomic E-state index is -1.03. The first kappa shape index (κ1) is 23.8. The molecule has 4 rings (SSSR count). The summed E-state index contributed by atoms with van der Waals surface area (Å²) >= 11 is 0. The SMILES string of the molecule is CCCOc1ccc(/C(O)=C2/C(=O)C(=O)N(c3cccc(C(=O)OC)c3)C2c2ccco2)cc1C. The minimum absolute atomic E-state index is 0.116. The Morgan fingerprint density at radius 1 is 1.09 bits per heavy atom. The molecule has 0 aliphatic carbocycles. The first-order chi connectivity index (χ1) is 16.9. The van der Waals surface area contributed by atoms with E-state index in [0.29, 0.717) is 17.9 Å². The molecule has 1 N–H and O–H groups in total. The van der Waals surface area contributed by atoms with E-state index in [4.69, 9.17) is 13.9 Å². The van der Waals surface area contributed by atoms with Crippen LogP contribution in [0.15, 0.2) is 70.9 Å². The van der Waals surface area contributed by atoms with Crippen molar-refractivity contribution >= 4 is 29.1 Å². The molecule has 0 bridgehead atoms. The second kappa shape index (κ2) is 9.89. The quantitative estimate of drug-likeness (QED) is 0.227. The van der Waals surface area contributed by atoms with Crippen LogP contribution >= 0.6 is 0 Å². The van der Waals surface area contributed by atoms with E-state index >= 15 is 0 Å². The zero-order chi connectivity index (χ0) is 25.1. The molecule has 1 unspecified atom stereocenters. The van der Waals surface area contributed by atoms with Gasteiger partial charge in [0.2, 0.25) is 0 Å². The van der Waals surface area contributed by atoms with E-state index in [1.165, 1.54) is 24.3 Å². The molecule has 1 amide bonds. The van der Waals surface area contributed by atoms with Gasteiger partial charge in [-0.2, -0.15) is 0 Å². The highest BCUT2D eigenvalue weighted by Gasteiger charge is 2.48. The maximum absolute atomic E-state index is 13.2. The van der Waals surface area contributed by atoms with Gasteiger partial charge in [0.15, 0.2) is 0 Å². The Hall–Kier alpha value is -4.33. The van der Waals surface area contributed by atoms with Crippen LogP contribution in [0.2, 0.25) is 0 Å². The second-order valence-corrected chi connectivity index (χ2v) is 8.06. The fourth-order valence-electron chi connectivity index (χ4n) is 4.04. The van der Waals surface area contributed by atoms with Gasteiger partial charge in [-0.1, -0.05) is 13.0 Å². The number of Topliss-reactive ketones (excluding diaryl/α,β-unsaturated/α-hetero) is 1. The number of hydrogen-bond donors (Lipinski definition) is 1. The van der Waals surface area contributed by atoms with E-state index in [1.807, 2.05) is 13.8 Å². The number of rotatable bonds is 7. The molecule has 8 heteroatoms. The van der Waals surface area contributed by atoms with Crippen LogP contribution in [-0.2, 0) is 14.3 Å². The molecular formula is C27H25NO7. The Kier molecular flexibility index (Phi) is 6.73. The molecular weight excluding hydrogens is 450 g/mol. The molecule has 0 saturated carbocycles. The smallest absolute Gasteiger partial charge is 0.337 e. The molecule has 1 aliphatic rings. The van der Waals surface area contributed by atoms with Crippen LogP contribution < -0.4 is 9.64 Å². The Morgan fingerprint density at radius 2 is 1.89 bits per heavy atom. The Bertz CT molecular complexity index is 1310. The lowest BCUT2D eigenvalue weighted by molar-refractivity contribution is -0.132. The summed E-state index contributed by atoms with van der Waals surface area (Å²) in [5.74, 6) is -1.67. The molecule has 3 aromatic rings. The van der Waals surface area contributed by atoms with Crippen molar-refractivity contribution < 1.29 is 33.4 Å². The van der Waals surface area contributed by atoms with E-state index in [2.05, 4.69) is 0 Å². The lowest BCUT2D eigenvalue weighted by atomic mass is 9.98. The van der Waals surface area contributed by atoms with E-state index in [1.54, 1.807) is 48.5 Å². The van der Waals surface area contributed by atoms with E-state index in [0.717, 1.165) is 12.0 Å². The molecule has 0 radical (unpaired) electrons. The van der Waals surface area contributed by atoms with Crippen LogP contribution in [0.4, 0.5) is 5.69 Å². The van der Waals surface area contributed by atoms with Gasteiger partial charge in [-0.05, 0) is 67.4 Å². The first-order valence-corrected chi connectivity index (χ1v) is 11.1. The highest BCUT2D eigenvalue weighted by atomic mass is 16.5. The summed E-state index contributed by atoms with van der Waals surface area (Å²) in [6, 6.07) is 13.4. The number of carbonyl (C=O) groups is 3. The number of furan rings is 1. The van der Waals surface area contributed by atoms with Gasteiger partial charge in [0.1, 0.15) is 23.3 Å². The second-order valence-electron chi connectivity index (χ2n) is 8.06. The fourth-order valence-corrected chi connectivity index (χ4v) is 4.04. The Balaban J connectivity index is 1.84. The van der Waals surface area contributed by atoms with Crippen molar-refractivity contribution in [3.05, 3.63) is 88.9 Å². The maximum Gasteiger partial charge on any atom is 0.337 e. The van der Waals surface area contributed by atoms with Crippen molar-refractivity contribution in [1.29, 1.82) is 0 Å². The summed E-state index contributed by atoms with van der Waals surface area (Å²) in [4.78, 5) is 39.7. The first-order valence-electron chi connectivity index (χ1n) is 11.1. The Morgan fingerprint density at radius 3 is 2.54 bits per heavy atom. The number of anilines is 1. The normalized spacial score (nSPS) is 17.0. The third-order valence-corrected chi connectivity index (χ3v) is 5.71. The molecule has 1 fully saturated rings. The monoisotopic (exact) mass is 475 g/mol. The number of aliphatic hydroxyl groups is 1. The minimum Gasteiger partial charge on any atom is -0.507 e. The average Bonchev–Trinajstić information content (AvgIpc) is 3.49. The number of hydrogen-bond acceptors (Lipinski definition) is 7. The van der Waals surface area contributed by atoms with Crippen LogP contribution in [-0.4, -0.2) is 36.5 Å². The topological polar surface area (TPSA) is 106 Å². The van der Waals surface area contributed by atoms with Crippen molar-refractivity contribution in [1.82, 2.24) is 0 Å². The molecule has 35 heavy (non-hydrogen) atoms. The van der Waals surface area contributed by atoms with Crippen LogP contribution in [0, 0.1) is 6.92 Å². The number of benzene rings is 2. The summed E-state index contributed by atoms with van der Waals surface area (Å²) in [5, 5.41) is 11.2. The molecule has 8 nitrogen and oxygen atoms in total. The number of ketones is 1. The summed E-state index contributed by atoms with van der Waals surface area (Å²) < 4.78 is 16.0. The molecule has 2 aromatic carbocycles. The van der Waals surface area contributed by atoms with Gasteiger partial charge >= 0.3 is 5.97 Å². The lowest BCUT2D eigenvalue weighted by Crippen LogP contribution is -2.29. The van der Waals surface area contributed by atoms with E-state index in [-0.39, 0.29) is 28.3 Å². The van der Waals surface area contributed by atoms with Crippen LogP contribution in [0.1, 0.15) is 46.6 Å². The number of aliphatic hydroxyl groups excluding tert-OH is 1. The van der Waals surface area contributed by atoms with Gasteiger partial charge in [-0.3, -0.25) is 14.5 Å². The molecule has 1 aromatic heterocycles. The number of amides is 1. The third-order valence-electron chi connectivity index (χ3n) is 5.71. The fraction of sp³-hybridized carbons (Fsp3) is 0.222. The molecule has 2 heterocycles. The van der Waals surface area contributed by atoms with Gasteiger partial charge < -0.3 is 19.0 Å². The van der Waals surface area contributed by atoms with E-state index in [9.17, 15) is 19.5 Å². The molecule has 180 valence electrons. The van der Waals surface area contributed by atoms with Crippen molar-refractivity contribution in [3.63, 3.8) is 0 Å². The van der Waals surface area contributed by atoms with Crippen molar-refractivity contribution in [2.75, 3.05) is 18.6 Å². The standard InChI is InChI=1S/C27H25NO7/c1-4-12-34-20-11-10-17(14-16(20)2)24(29)22-23(21-9-6-13-35-21)28(26(31)25(22)30)19-8-5-7-18(15-19)27(32)33-3/h5-11,13-15,23,29H,4,12H2,1-3H3/b24-22-. The number of aryl methyl sites for hydroxylation is 1. The number of esters is 1. The summed E-state index contributed by atoms with van der Waals surface area (Å²) in [7, 11) is 1.25. The number of methoxy groups -OCH3 is 1. The summed E-state index contributed by atoms with van der Waals surface area (Å²) in [6.07, 6.45) is 2.27. The van der Waals surface area contributed by atoms with Crippen LogP contribution in [0.25, 0.3) is 5.76 Å². The van der Waals surface area contributed by atoms with E-state index < -0.39 is 23.7 Å². The summed E-state index contributed by atoms with van der Waals surface area (Å²) in [5.41, 5.74) is 1.52. The molecule has 1 saturated heterocycles. The largest absolute Gasteiger partial charge is 0.507 e. The predicted molar refractivity (Wildman–Crippen MR) is 128 cm³/mol. The molecule has 1 atom stereocenters. The van der Waals surface area contributed by atoms with Gasteiger partial charge in [0, 0.05) is 11.3 Å². The Labute approximate surface area is 202 Å². The van der Waals surface area contributed by atoms with Crippen molar-refractivity contribution in [3.8, 4) is 5.75 Å². The highest BCUT2D eigenvalue weighted by Crippen LogP contribution is 2.42. The molecule has 0 spiro atoms.